The lowest BCUT2D eigenvalue weighted by atomic mass is 10.2. The second-order valence-electron chi connectivity index (χ2n) is 3.99. The molecule has 1 heterocycles. The van der Waals surface area contributed by atoms with Crippen molar-refractivity contribution in [1.82, 2.24) is 4.98 Å². The molecule has 0 bridgehead atoms. The number of amides is 1. The number of carbonyl (C=O) groups is 1. The molecule has 5 nitrogen and oxygen atoms in total. The molecule has 0 aliphatic carbocycles. The number of halogens is 1. The number of anilines is 2. The topological polar surface area (TPSA) is 63.2 Å². The van der Waals surface area contributed by atoms with E-state index in [1.165, 1.54) is 19.2 Å². The number of nitrogens with one attached hydrogen (secondary N) is 2. The Labute approximate surface area is 115 Å². The highest BCUT2D eigenvalue weighted by Gasteiger charge is 2.07. The van der Waals surface area contributed by atoms with Crippen molar-refractivity contribution >= 4 is 17.5 Å². The molecule has 1 amide bonds. The molecule has 0 unspecified atom stereocenters. The average molecular weight is 275 g/mol. The zero-order valence-corrected chi connectivity index (χ0v) is 10.9. The predicted molar refractivity (Wildman–Crippen MR) is 74.0 cm³/mol. The number of hydrogen-bond donors (Lipinski definition) is 2. The molecule has 0 spiro atoms. The standard InChI is InChI=1S/C14H14FN3O2/c1-20-14(19)18-13-6-5-10(8-12(13)15)17-9-11-4-2-3-7-16-11/h2-8,17H,9H2,1H3,(H,18,19). The molecule has 0 saturated carbocycles. The van der Waals surface area contributed by atoms with Gasteiger partial charge in [0.25, 0.3) is 0 Å². The fourth-order valence-electron chi connectivity index (χ4n) is 1.58. The molecular formula is C14H14FN3O2. The van der Waals surface area contributed by atoms with Crippen LogP contribution in [-0.4, -0.2) is 18.2 Å². The molecule has 2 N–H and O–H groups in total. The third-order valence-electron chi connectivity index (χ3n) is 2.59. The molecule has 20 heavy (non-hydrogen) atoms. The van der Waals surface area contributed by atoms with Crippen molar-refractivity contribution in [3.63, 3.8) is 0 Å². The second-order valence-corrected chi connectivity index (χ2v) is 3.99. The van der Waals surface area contributed by atoms with E-state index in [0.717, 1.165) is 5.69 Å². The maximum atomic E-state index is 13.7. The molecule has 0 saturated heterocycles. The molecule has 0 radical (unpaired) electrons. The van der Waals surface area contributed by atoms with Crippen LogP contribution in [0.4, 0.5) is 20.6 Å². The van der Waals surface area contributed by atoms with Crippen molar-refractivity contribution in [2.75, 3.05) is 17.7 Å². The SMILES string of the molecule is COC(=O)Nc1ccc(NCc2ccccn2)cc1F. The van der Waals surface area contributed by atoms with Gasteiger partial charge in [-0.05, 0) is 30.3 Å². The van der Waals surface area contributed by atoms with Crippen molar-refractivity contribution in [3.05, 3.63) is 54.1 Å². The van der Waals surface area contributed by atoms with Crippen LogP contribution < -0.4 is 10.6 Å². The Kier molecular flexibility index (Phi) is 4.49. The van der Waals surface area contributed by atoms with E-state index in [-0.39, 0.29) is 5.69 Å². The molecule has 2 aromatic rings. The Balaban J connectivity index is 2.00. The molecule has 6 heteroatoms. The maximum Gasteiger partial charge on any atom is 0.411 e. The van der Waals surface area contributed by atoms with Gasteiger partial charge < -0.3 is 10.1 Å². The molecule has 0 atom stereocenters. The fourth-order valence-corrected chi connectivity index (χ4v) is 1.58. The number of rotatable bonds is 4. The molecule has 0 aliphatic heterocycles. The van der Waals surface area contributed by atoms with E-state index >= 15 is 0 Å². The Morgan fingerprint density at radius 3 is 2.85 bits per heavy atom. The number of ether oxygens (including phenoxy) is 1. The molecule has 0 fully saturated rings. The normalized spacial score (nSPS) is 9.90. The number of carbonyl (C=O) groups excluding carboxylic acids is 1. The zero-order valence-electron chi connectivity index (χ0n) is 10.9. The highest BCUT2D eigenvalue weighted by atomic mass is 19.1. The summed E-state index contributed by atoms with van der Waals surface area (Å²) in [5.41, 5.74) is 1.52. The summed E-state index contributed by atoms with van der Waals surface area (Å²) in [5, 5.41) is 5.33. The summed E-state index contributed by atoms with van der Waals surface area (Å²) in [5.74, 6) is -0.540. The van der Waals surface area contributed by atoms with Crippen molar-refractivity contribution in [2.24, 2.45) is 0 Å². The number of nitrogens with zero attached hydrogens (tertiary/aromatic N) is 1. The van der Waals surface area contributed by atoms with Crippen LogP contribution in [-0.2, 0) is 11.3 Å². The first-order valence-electron chi connectivity index (χ1n) is 5.97. The largest absolute Gasteiger partial charge is 0.453 e. The fraction of sp³-hybridized carbons (Fsp3) is 0.143. The Morgan fingerprint density at radius 1 is 1.35 bits per heavy atom. The van der Waals surface area contributed by atoms with E-state index in [0.29, 0.717) is 12.2 Å². The van der Waals surface area contributed by atoms with Gasteiger partial charge in [-0.3, -0.25) is 10.3 Å². The lowest BCUT2D eigenvalue weighted by Crippen LogP contribution is -2.12. The van der Waals surface area contributed by atoms with Crippen LogP contribution in [0.1, 0.15) is 5.69 Å². The summed E-state index contributed by atoms with van der Waals surface area (Å²) in [4.78, 5) is 15.2. The third-order valence-corrected chi connectivity index (χ3v) is 2.59. The van der Waals surface area contributed by atoms with Crippen LogP contribution in [0.25, 0.3) is 0 Å². The predicted octanol–water partition coefficient (Wildman–Crippen LogP) is 3.01. The van der Waals surface area contributed by atoms with Crippen LogP contribution in [0.5, 0.6) is 0 Å². The van der Waals surface area contributed by atoms with Crippen molar-refractivity contribution in [1.29, 1.82) is 0 Å². The molecule has 1 aromatic heterocycles. The average Bonchev–Trinajstić information content (AvgIpc) is 2.48. The van der Waals surface area contributed by atoms with Crippen LogP contribution in [0.15, 0.2) is 42.6 Å². The van der Waals surface area contributed by atoms with E-state index in [4.69, 9.17) is 0 Å². The lowest BCUT2D eigenvalue weighted by Gasteiger charge is -2.09. The van der Waals surface area contributed by atoms with Gasteiger partial charge in [-0.1, -0.05) is 6.07 Å². The first kappa shape index (κ1) is 13.8. The summed E-state index contributed by atoms with van der Waals surface area (Å²) in [7, 11) is 1.22. The minimum absolute atomic E-state index is 0.0697. The molecule has 1 aromatic carbocycles. The van der Waals surface area contributed by atoms with Crippen LogP contribution >= 0.6 is 0 Å². The monoisotopic (exact) mass is 275 g/mol. The summed E-state index contributed by atoms with van der Waals surface area (Å²) >= 11 is 0. The van der Waals surface area contributed by atoms with Gasteiger partial charge in [0.05, 0.1) is 25.0 Å². The van der Waals surface area contributed by atoms with Crippen LogP contribution in [0, 0.1) is 5.82 Å². The highest BCUT2D eigenvalue weighted by molar-refractivity contribution is 5.84. The van der Waals surface area contributed by atoms with Crippen LogP contribution in [0.2, 0.25) is 0 Å². The Hall–Kier alpha value is -2.63. The second kappa shape index (κ2) is 6.51. The van der Waals surface area contributed by atoms with Gasteiger partial charge in [-0.2, -0.15) is 0 Å². The minimum Gasteiger partial charge on any atom is -0.453 e. The first-order chi connectivity index (χ1) is 9.69. The van der Waals surface area contributed by atoms with Gasteiger partial charge in [-0.25, -0.2) is 9.18 Å². The van der Waals surface area contributed by atoms with E-state index in [9.17, 15) is 9.18 Å². The summed E-state index contributed by atoms with van der Waals surface area (Å²) in [6, 6.07) is 10.0. The Morgan fingerprint density at radius 2 is 2.20 bits per heavy atom. The van der Waals surface area contributed by atoms with Gasteiger partial charge in [0, 0.05) is 11.9 Å². The molecule has 0 aliphatic rings. The molecule has 104 valence electrons. The van der Waals surface area contributed by atoms with Gasteiger partial charge in [-0.15, -0.1) is 0 Å². The van der Waals surface area contributed by atoms with Gasteiger partial charge in [0.1, 0.15) is 5.82 Å². The number of hydrogen-bond acceptors (Lipinski definition) is 4. The summed E-state index contributed by atoms with van der Waals surface area (Å²) < 4.78 is 18.2. The van der Waals surface area contributed by atoms with E-state index in [1.54, 1.807) is 12.3 Å². The number of methoxy groups -OCH3 is 1. The summed E-state index contributed by atoms with van der Waals surface area (Å²) in [6.45, 7) is 0.490. The van der Waals surface area contributed by atoms with Gasteiger partial charge >= 0.3 is 6.09 Å². The van der Waals surface area contributed by atoms with Crippen LogP contribution in [0.3, 0.4) is 0 Å². The number of pyridine rings is 1. The third kappa shape index (κ3) is 3.68. The Bertz CT molecular complexity index is 590. The van der Waals surface area contributed by atoms with Crippen molar-refractivity contribution in [3.8, 4) is 0 Å². The maximum absolute atomic E-state index is 13.7. The molecule has 2 rings (SSSR count). The van der Waals surface area contributed by atoms with Gasteiger partial charge in [0.15, 0.2) is 0 Å². The van der Waals surface area contributed by atoms with E-state index in [2.05, 4.69) is 20.4 Å². The zero-order chi connectivity index (χ0) is 14.4. The summed E-state index contributed by atoms with van der Waals surface area (Å²) in [6.07, 6.45) is 0.985. The minimum atomic E-state index is -0.710. The smallest absolute Gasteiger partial charge is 0.411 e. The highest BCUT2D eigenvalue weighted by Crippen LogP contribution is 2.19. The number of aromatic nitrogens is 1. The lowest BCUT2D eigenvalue weighted by molar-refractivity contribution is 0.187. The van der Waals surface area contributed by atoms with Crippen molar-refractivity contribution < 1.29 is 13.9 Å². The molecular weight excluding hydrogens is 261 g/mol. The van der Waals surface area contributed by atoms with E-state index < -0.39 is 11.9 Å². The van der Waals surface area contributed by atoms with Gasteiger partial charge in [0.2, 0.25) is 0 Å². The van der Waals surface area contributed by atoms with E-state index in [1.807, 2.05) is 18.2 Å². The first-order valence-corrected chi connectivity index (χ1v) is 5.97. The quantitative estimate of drug-likeness (QED) is 0.900. The van der Waals surface area contributed by atoms with Crippen molar-refractivity contribution in [2.45, 2.75) is 6.54 Å². The number of benzene rings is 1.